The number of nitrogens with one attached hydrogen (secondary N) is 1. The SMILES string of the molecule is Cc1nc(CN2CC[C@@H](Nc3ccccc3)C2)oc1-c1ccc(Cl)cc1. The Labute approximate surface area is 158 Å². The van der Waals surface area contributed by atoms with Crippen LogP contribution in [-0.4, -0.2) is 29.0 Å². The van der Waals surface area contributed by atoms with Crippen molar-refractivity contribution < 1.29 is 4.42 Å². The molecule has 5 heteroatoms. The van der Waals surface area contributed by atoms with Gasteiger partial charge >= 0.3 is 0 Å². The highest BCUT2D eigenvalue weighted by Crippen LogP contribution is 2.27. The van der Waals surface area contributed by atoms with Gasteiger partial charge in [0.05, 0.1) is 12.2 Å². The predicted octanol–water partition coefficient (Wildman–Crippen LogP) is 4.99. The summed E-state index contributed by atoms with van der Waals surface area (Å²) in [5.41, 5.74) is 3.10. The molecule has 0 radical (unpaired) electrons. The van der Waals surface area contributed by atoms with Crippen molar-refractivity contribution in [1.29, 1.82) is 0 Å². The van der Waals surface area contributed by atoms with E-state index in [1.165, 1.54) is 5.69 Å². The van der Waals surface area contributed by atoms with Crippen molar-refractivity contribution in [2.45, 2.75) is 25.9 Å². The topological polar surface area (TPSA) is 41.3 Å². The third kappa shape index (κ3) is 3.92. The van der Waals surface area contributed by atoms with E-state index >= 15 is 0 Å². The molecule has 1 N–H and O–H groups in total. The lowest BCUT2D eigenvalue weighted by Crippen LogP contribution is -2.26. The first kappa shape index (κ1) is 17.1. The van der Waals surface area contributed by atoms with Crippen LogP contribution in [0.1, 0.15) is 18.0 Å². The van der Waals surface area contributed by atoms with E-state index in [1.807, 2.05) is 37.3 Å². The van der Waals surface area contributed by atoms with E-state index in [-0.39, 0.29) is 0 Å². The first-order valence-corrected chi connectivity index (χ1v) is 9.31. The minimum Gasteiger partial charge on any atom is -0.439 e. The van der Waals surface area contributed by atoms with Gasteiger partial charge in [0.2, 0.25) is 5.89 Å². The summed E-state index contributed by atoms with van der Waals surface area (Å²) >= 11 is 5.97. The van der Waals surface area contributed by atoms with Crippen LogP contribution < -0.4 is 5.32 Å². The van der Waals surface area contributed by atoms with Crippen LogP contribution in [0.25, 0.3) is 11.3 Å². The second-order valence-corrected chi connectivity index (χ2v) is 7.20. The van der Waals surface area contributed by atoms with Gasteiger partial charge in [-0.05, 0) is 49.7 Å². The van der Waals surface area contributed by atoms with Crippen LogP contribution in [0.4, 0.5) is 5.69 Å². The van der Waals surface area contributed by atoms with Gasteiger partial charge in [0, 0.05) is 35.4 Å². The second-order valence-electron chi connectivity index (χ2n) is 6.76. The number of likely N-dealkylation sites (tertiary alicyclic amines) is 1. The second kappa shape index (κ2) is 7.52. The average Bonchev–Trinajstić information content (AvgIpc) is 3.23. The molecule has 4 nitrogen and oxygen atoms in total. The summed E-state index contributed by atoms with van der Waals surface area (Å²) in [6.45, 7) is 4.76. The predicted molar refractivity (Wildman–Crippen MR) is 105 cm³/mol. The highest BCUT2D eigenvalue weighted by atomic mass is 35.5. The number of anilines is 1. The minimum absolute atomic E-state index is 0.462. The Hall–Kier alpha value is -2.30. The van der Waals surface area contributed by atoms with Gasteiger partial charge in [0.1, 0.15) is 0 Å². The quantitative estimate of drug-likeness (QED) is 0.689. The van der Waals surface area contributed by atoms with E-state index in [9.17, 15) is 0 Å². The van der Waals surface area contributed by atoms with E-state index in [0.717, 1.165) is 54.0 Å². The number of para-hydroxylation sites is 1. The first-order chi connectivity index (χ1) is 12.7. The summed E-state index contributed by atoms with van der Waals surface area (Å²) in [5, 5.41) is 4.32. The van der Waals surface area contributed by atoms with Gasteiger partial charge in [-0.1, -0.05) is 29.8 Å². The maximum absolute atomic E-state index is 6.04. The summed E-state index contributed by atoms with van der Waals surface area (Å²) in [4.78, 5) is 7.01. The van der Waals surface area contributed by atoms with Crippen LogP contribution in [0.5, 0.6) is 0 Å². The first-order valence-electron chi connectivity index (χ1n) is 8.93. The standard InChI is InChI=1S/C21H22ClN3O/c1-15-21(16-7-9-17(22)10-8-16)26-20(23-15)14-25-12-11-19(13-25)24-18-5-3-2-4-6-18/h2-10,19,24H,11-14H2,1H3/t19-/m1/s1. The number of benzene rings is 2. The smallest absolute Gasteiger partial charge is 0.209 e. The molecule has 26 heavy (non-hydrogen) atoms. The fraction of sp³-hybridized carbons (Fsp3) is 0.286. The third-order valence-electron chi connectivity index (χ3n) is 4.72. The number of nitrogens with zero attached hydrogens (tertiary/aromatic N) is 2. The van der Waals surface area contributed by atoms with Crippen molar-refractivity contribution in [3.63, 3.8) is 0 Å². The van der Waals surface area contributed by atoms with Crippen LogP contribution in [0.15, 0.2) is 59.0 Å². The van der Waals surface area contributed by atoms with Gasteiger partial charge in [0.15, 0.2) is 5.76 Å². The van der Waals surface area contributed by atoms with Crippen molar-refractivity contribution in [2.24, 2.45) is 0 Å². The molecule has 1 fully saturated rings. The Morgan fingerprint density at radius 2 is 1.92 bits per heavy atom. The molecule has 4 rings (SSSR count). The monoisotopic (exact) mass is 367 g/mol. The lowest BCUT2D eigenvalue weighted by molar-refractivity contribution is 0.290. The summed E-state index contributed by atoms with van der Waals surface area (Å²) in [5.74, 6) is 1.60. The Balaban J connectivity index is 1.39. The van der Waals surface area contributed by atoms with Crippen LogP contribution >= 0.6 is 11.6 Å². The van der Waals surface area contributed by atoms with Crippen molar-refractivity contribution >= 4 is 17.3 Å². The summed E-state index contributed by atoms with van der Waals surface area (Å²) in [7, 11) is 0. The zero-order valence-corrected chi connectivity index (χ0v) is 15.5. The number of aryl methyl sites for hydroxylation is 1. The Morgan fingerprint density at radius 1 is 1.15 bits per heavy atom. The largest absolute Gasteiger partial charge is 0.439 e. The number of oxazole rings is 1. The summed E-state index contributed by atoms with van der Waals surface area (Å²) < 4.78 is 6.04. The summed E-state index contributed by atoms with van der Waals surface area (Å²) in [6.07, 6.45) is 1.12. The van der Waals surface area contributed by atoms with Gasteiger partial charge in [-0.25, -0.2) is 4.98 Å². The number of rotatable bonds is 5. The number of aromatic nitrogens is 1. The normalized spacial score (nSPS) is 17.5. The molecule has 2 aromatic carbocycles. The van der Waals surface area contributed by atoms with Crippen LogP contribution in [-0.2, 0) is 6.54 Å². The molecule has 134 valence electrons. The molecule has 1 aliphatic rings. The van der Waals surface area contributed by atoms with E-state index in [4.69, 9.17) is 16.0 Å². The van der Waals surface area contributed by atoms with Crippen molar-refractivity contribution in [2.75, 3.05) is 18.4 Å². The molecule has 2 heterocycles. The molecule has 0 aliphatic carbocycles. The molecule has 3 aromatic rings. The van der Waals surface area contributed by atoms with Crippen molar-refractivity contribution in [1.82, 2.24) is 9.88 Å². The van der Waals surface area contributed by atoms with Gasteiger partial charge < -0.3 is 9.73 Å². The van der Waals surface area contributed by atoms with Crippen LogP contribution in [0.2, 0.25) is 5.02 Å². The maximum atomic E-state index is 6.04. The lowest BCUT2D eigenvalue weighted by atomic mass is 10.1. The molecule has 1 aromatic heterocycles. The van der Waals surface area contributed by atoms with E-state index in [1.54, 1.807) is 0 Å². The van der Waals surface area contributed by atoms with Gasteiger partial charge in [-0.2, -0.15) is 0 Å². The number of halogens is 1. The third-order valence-corrected chi connectivity index (χ3v) is 4.98. The zero-order chi connectivity index (χ0) is 17.9. The molecular weight excluding hydrogens is 346 g/mol. The molecule has 0 amide bonds. The Bertz CT molecular complexity index is 861. The average molecular weight is 368 g/mol. The van der Waals surface area contributed by atoms with Crippen molar-refractivity contribution in [3.05, 3.63) is 71.2 Å². The maximum Gasteiger partial charge on any atom is 0.209 e. The minimum atomic E-state index is 0.462. The fourth-order valence-corrected chi connectivity index (χ4v) is 3.57. The highest BCUT2D eigenvalue weighted by molar-refractivity contribution is 6.30. The van der Waals surface area contributed by atoms with Gasteiger partial charge in [-0.3, -0.25) is 4.90 Å². The Morgan fingerprint density at radius 3 is 2.69 bits per heavy atom. The highest BCUT2D eigenvalue weighted by Gasteiger charge is 2.24. The fourth-order valence-electron chi connectivity index (χ4n) is 3.44. The molecular formula is C21H22ClN3O. The Kier molecular flexibility index (Phi) is 4.96. The van der Waals surface area contributed by atoms with Crippen LogP contribution in [0, 0.1) is 6.92 Å². The number of hydrogen-bond acceptors (Lipinski definition) is 4. The van der Waals surface area contributed by atoms with Crippen molar-refractivity contribution in [3.8, 4) is 11.3 Å². The van der Waals surface area contributed by atoms with Gasteiger partial charge in [0.25, 0.3) is 0 Å². The zero-order valence-electron chi connectivity index (χ0n) is 14.8. The van der Waals surface area contributed by atoms with E-state index < -0.39 is 0 Å². The van der Waals surface area contributed by atoms with Crippen LogP contribution in [0.3, 0.4) is 0 Å². The molecule has 0 saturated carbocycles. The van der Waals surface area contributed by atoms with E-state index in [0.29, 0.717) is 6.04 Å². The molecule has 1 aliphatic heterocycles. The molecule has 1 saturated heterocycles. The lowest BCUT2D eigenvalue weighted by Gasteiger charge is -2.16. The molecule has 0 bridgehead atoms. The van der Waals surface area contributed by atoms with Gasteiger partial charge in [-0.15, -0.1) is 0 Å². The summed E-state index contributed by atoms with van der Waals surface area (Å²) in [6, 6.07) is 18.5. The molecule has 1 atom stereocenters. The molecule has 0 unspecified atom stereocenters. The molecule has 0 spiro atoms. The number of hydrogen-bond donors (Lipinski definition) is 1. The van der Waals surface area contributed by atoms with E-state index in [2.05, 4.69) is 39.5 Å².